The van der Waals surface area contributed by atoms with Crippen molar-refractivity contribution in [2.24, 2.45) is 0 Å². The molecule has 0 aromatic heterocycles. The molecule has 0 radical (unpaired) electrons. The molecule has 3 nitrogen and oxygen atoms in total. The van der Waals surface area contributed by atoms with Gasteiger partial charge in [0.1, 0.15) is 17.7 Å². The second-order valence-electron chi connectivity index (χ2n) is 4.64. The van der Waals surface area contributed by atoms with E-state index in [9.17, 15) is 13.9 Å². The van der Waals surface area contributed by atoms with Gasteiger partial charge in [0.05, 0.1) is 14.2 Å². The molecule has 0 saturated heterocycles. The highest BCUT2D eigenvalue weighted by atomic mass is 19.1. The van der Waals surface area contributed by atoms with Crippen molar-refractivity contribution >= 4 is 0 Å². The summed E-state index contributed by atoms with van der Waals surface area (Å²) in [4.78, 5) is 0. The van der Waals surface area contributed by atoms with Crippen LogP contribution in [0.4, 0.5) is 8.78 Å². The molecule has 2 rings (SSSR count). The summed E-state index contributed by atoms with van der Waals surface area (Å²) in [7, 11) is 2.81. The fraction of sp³-hybridized carbons (Fsp3) is 0.250. The SMILES string of the molecule is COc1cc(F)c(C(O)c2ccc(C)c(F)c2)cc1OC. The van der Waals surface area contributed by atoms with Gasteiger partial charge in [-0.1, -0.05) is 12.1 Å². The Morgan fingerprint density at radius 3 is 2.14 bits per heavy atom. The number of aliphatic hydroxyl groups excluding tert-OH is 1. The molecule has 0 heterocycles. The lowest BCUT2D eigenvalue weighted by Crippen LogP contribution is -2.05. The number of ether oxygens (including phenoxy) is 2. The van der Waals surface area contributed by atoms with E-state index in [-0.39, 0.29) is 16.9 Å². The number of methoxy groups -OCH3 is 2. The van der Waals surface area contributed by atoms with Crippen molar-refractivity contribution in [3.63, 3.8) is 0 Å². The maximum Gasteiger partial charge on any atom is 0.163 e. The molecule has 2 aromatic rings. The molecule has 21 heavy (non-hydrogen) atoms. The number of hydrogen-bond acceptors (Lipinski definition) is 3. The van der Waals surface area contributed by atoms with Gasteiger partial charge in [-0.2, -0.15) is 0 Å². The van der Waals surface area contributed by atoms with E-state index in [2.05, 4.69) is 0 Å². The second-order valence-corrected chi connectivity index (χ2v) is 4.64. The summed E-state index contributed by atoms with van der Waals surface area (Å²) in [6.07, 6.45) is -1.29. The molecular formula is C16H16F2O3. The minimum Gasteiger partial charge on any atom is -0.493 e. The van der Waals surface area contributed by atoms with Gasteiger partial charge in [-0.25, -0.2) is 8.78 Å². The zero-order chi connectivity index (χ0) is 15.6. The Balaban J connectivity index is 2.47. The van der Waals surface area contributed by atoms with Gasteiger partial charge in [0.25, 0.3) is 0 Å². The second kappa shape index (κ2) is 6.10. The van der Waals surface area contributed by atoms with Gasteiger partial charge in [-0.05, 0) is 30.2 Å². The molecular weight excluding hydrogens is 278 g/mol. The fourth-order valence-electron chi connectivity index (χ4n) is 2.04. The summed E-state index contributed by atoms with van der Waals surface area (Å²) in [6, 6.07) is 6.75. The lowest BCUT2D eigenvalue weighted by Gasteiger charge is -2.16. The van der Waals surface area contributed by atoms with Crippen LogP contribution in [-0.4, -0.2) is 19.3 Å². The first-order valence-corrected chi connectivity index (χ1v) is 6.33. The monoisotopic (exact) mass is 294 g/mol. The van der Waals surface area contributed by atoms with Crippen molar-refractivity contribution in [3.8, 4) is 11.5 Å². The van der Waals surface area contributed by atoms with Crippen LogP contribution in [0.25, 0.3) is 0 Å². The average molecular weight is 294 g/mol. The van der Waals surface area contributed by atoms with Crippen LogP contribution in [0.3, 0.4) is 0 Å². The van der Waals surface area contributed by atoms with E-state index < -0.39 is 17.7 Å². The van der Waals surface area contributed by atoms with Gasteiger partial charge < -0.3 is 14.6 Å². The molecule has 0 amide bonds. The smallest absolute Gasteiger partial charge is 0.163 e. The highest BCUT2D eigenvalue weighted by molar-refractivity contribution is 5.46. The Morgan fingerprint density at radius 1 is 0.952 bits per heavy atom. The Morgan fingerprint density at radius 2 is 1.57 bits per heavy atom. The predicted molar refractivity (Wildman–Crippen MR) is 74.7 cm³/mol. The molecule has 112 valence electrons. The zero-order valence-corrected chi connectivity index (χ0v) is 12.0. The summed E-state index contributed by atoms with van der Waals surface area (Å²) in [5, 5.41) is 10.3. The maximum absolute atomic E-state index is 14.1. The van der Waals surface area contributed by atoms with Crippen molar-refractivity contribution in [1.82, 2.24) is 0 Å². The number of halogens is 2. The van der Waals surface area contributed by atoms with Gasteiger partial charge in [0.2, 0.25) is 0 Å². The van der Waals surface area contributed by atoms with Crippen LogP contribution in [0.1, 0.15) is 22.8 Å². The quantitative estimate of drug-likeness (QED) is 0.939. The van der Waals surface area contributed by atoms with Gasteiger partial charge in [-0.15, -0.1) is 0 Å². The lowest BCUT2D eigenvalue weighted by atomic mass is 9.99. The van der Waals surface area contributed by atoms with Crippen LogP contribution in [-0.2, 0) is 0 Å². The van der Waals surface area contributed by atoms with Crippen LogP contribution in [0.15, 0.2) is 30.3 Å². The summed E-state index contributed by atoms with van der Waals surface area (Å²) in [5.74, 6) is -0.588. The van der Waals surface area contributed by atoms with Gasteiger partial charge in [-0.3, -0.25) is 0 Å². The number of aryl methyl sites for hydroxylation is 1. The normalized spacial score (nSPS) is 12.1. The van der Waals surface area contributed by atoms with Crippen molar-refractivity contribution < 1.29 is 23.4 Å². The molecule has 5 heteroatoms. The van der Waals surface area contributed by atoms with Crippen LogP contribution in [0.2, 0.25) is 0 Å². The summed E-state index contributed by atoms with van der Waals surface area (Å²) in [6.45, 7) is 1.61. The molecule has 1 unspecified atom stereocenters. The van der Waals surface area contributed by atoms with Crippen molar-refractivity contribution in [2.75, 3.05) is 14.2 Å². The third-order valence-electron chi connectivity index (χ3n) is 3.31. The van der Waals surface area contributed by atoms with Crippen LogP contribution < -0.4 is 9.47 Å². The zero-order valence-electron chi connectivity index (χ0n) is 12.0. The van der Waals surface area contributed by atoms with E-state index in [1.807, 2.05) is 0 Å². The molecule has 0 aliphatic rings. The first-order chi connectivity index (χ1) is 9.97. The molecule has 0 bridgehead atoms. The highest BCUT2D eigenvalue weighted by Crippen LogP contribution is 2.34. The van der Waals surface area contributed by atoms with E-state index in [0.717, 1.165) is 6.07 Å². The maximum atomic E-state index is 14.1. The Kier molecular flexibility index (Phi) is 4.43. The van der Waals surface area contributed by atoms with Crippen LogP contribution >= 0.6 is 0 Å². The van der Waals surface area contributed by atoms with E-state index in [1.165, 1.54) is 32.4 Å². The minimum atomic E-state index is -1.29. The molecule has 1 atom stereocenters. The summed E-state index contributed by atoms with van der Waals surface area (Å²) < 4.78 is 37.7. The first-order valence-electron chi connectivity index (χ1n) is 6.33. The predicted octanol–water partition coefficient (Wildman–Crippen LogP) is 3.37. The Bertz CT molecular complexity index is 656. The molecule has 0 aliphatic carbocycles. The molecule has 0 spiro atoms. The van der Waals surface area contributed by atoms with Gasteiger partial charge in [0.15, 0.2) is 11.5 Å². The minimum absolute atomic E-state index is 0.00379. The standard InChI is InChI=1S/C16H16F2O3/c1-9-4-5-10(6-12(9)17)16(19)11-7-14(20-2)15(21-3)8-13(11)18/h4-8,16,19H,1-3H3. The van der Waals surface area contributed by atoms with E-state index in [4.69, 9.17) is 9.47 Å². The molecule has 2 aromatic carbocycles. The van der Waals surface area contributed by atoms with Gasteiger partial charge >= 0.3 is 0 Å². The number of aliphatic hydroxyl groups is 1. The Labute approximate surface area is 121 Å². The van der Waals surface area contributed by atoms with Crippen LogP contribution in [0, 0.1) is 18.6 Å². The summed E-state index contributed by atoms with van der Waals surface area (Å²) in [5.41, 5.74) is 0.721. The van der Waals surface area contributed by atoms with E-state index >= 15 is 0 Å². The molecule has 0 fully saturated rings. The van der Waals surface area contributed by atoms with Gasteiger partial charge in [0, 0.05) is 11.6 Å². The number of rotatable bonds is 4. The molecule has 1 N–H and O–H groups in total. The topological polar surface area (TPSA) is 38.7 Å². The highest BCUT2D eigenvalue weighted by Gasteiger charge is 2.19. The molecule has 0 aliphatic heterocycles. The third kappa shape index (κ3) is 2.97. The number of benzene rings is 2. The van der Waals surface area contributed by atoms with Crippen molar-refractivity contribution in [1.29, 1.82) is 0 Å². The van der Waals surface area contributed by atoms with Crippen molar-refractivity contribution in [2.45, 2.75) is 13.0 Å². The van der Waals surface area contributed by atoms with Crippen molar-refractivity contribution in [3.05, 3.63) is 58.7 Å². The number of hydrogen-bond donors (Lipinski definition) is 1. The first kappa shape index (κ1) is 15.3. The summed E-state index contributed by atoms with van der Waals surface area (Å²) >= 11 is 0. The van der Waals surface area contributed by atoms with E-state index in [1.54, 1.807) is 13.0 Å². The van der Waals surface area contributed by atoms with E-state index in [0.29, 0.717) is 11.3 Å². The Hall–Kier alpha value is -2.14. The average Bonchev–Trinajstić information content (AvgIpc) is 2.49. The molecule has 0 saturated carbocycles. The fourth-order valence-corrected chi connectivity index (χ4v) is 2.04. The largest absolute Gasteiger partial charge is 0.493 e. The lowest BCUT2D eigenvalue weighted by molar-refractivity contribution is 0.213. The third-order valence-corrected chi connectivity index (χ3v) is 3.31. The van der Waals surface area contributed by atoms with Crippen LogP contribution in [0.5, 0.6) is 11.5 Å².